The summed E-state index contributed by atoms with van der Waals surface area (Å²) in [6.07, 6.45) is 5.16. The smallest absolute Gasteiger partial charge is 0.191 e. The minimum absolute atomic E-state index is 0. The largest absolute Gasteiger partial charge is 0.357 e. The third kappa shape index (κ3) is 10.9. The number of nitrogens with zero attached hydrogens (tertiary/aromatic N) is 4. The molecule has 0 amide bonds. The second-order valence-electron chi connectivity index (χ2n) is 8.06. The van der Waals surface area contributed by atoms with E-state index < -0.39 is 0 Å². The van der Waals surface area contributed by atoms with Gasteiger partial charge >= 0.3 is 0 Å². The first-order valence-corrected chi connectivity index (χ1v) is 10.8. The number of piperidine rings is 1. The number of nitrogens with one attached hydrogen (secondary N) is 2. The van der Waals surface area contributed by atoms with Gasteiger partial charge in [0.2, 0.25) is 0 Å². The Kier molecular flexibility index (Phi) is 13.7. The molecular weight excluding hydrogens is 451 g/mol. The van der Waals surface area contributed by atoms with E-state index in [-0.39, 0.29) is 24.0 Å². The SMILES string of the molecule is CCNC(=NCCCN1CCC(C)CC1)NCCN1CCCN(C)CC1.I. The van der Waals surface area contributed by atoms with E-state index in [2.05, 4.69) is 46.2 Å². The predicted molar refractivity (Wildman–Crippen MR) is 127 cm³/mol. The first-order chi connectivity index (χ1) is 12.7. The van der Waals surface area contributed by atoms with Crippen molar-refractivity contribution < 1.29 is 0 Å². The summed E-state index contributed by atoms with van der Waals surface area (Å²) in [7, 11) is 2.22. The number of hydrogen-bond acceptors (Lipinski definition) is 4. The zero-order valence-corrected chi connectivity index (χ0v) is 20.2. The molecule has 160 valence electrons. The van der Waals surface area contributed by atoms with Gasteiger partial charge in [-0.3, -0.25) is 4.99 Å². The Hall–Kier alpha value is -0.120. The van der Waals surface area contributed by atoms with Crippen LogP contribution >= 0.6 is 24.0 Å². The van der Waals surface area contributed by atoms with Gasteiger partial charge in [0.25, 0.3) is 0 Å². The number of hydrogen-bond donors (Lipinski definition) is 2. The van der Waals surface area contributed by atoms with Crippen molar-refractivity contribution >= 4 is 29.9 Å². The Labute approximate surface area is 184 Å². The van der Waals surface area contributed by atoms with E-state index in [1.807, 2.05) is 0 Å². The maximum atomic E-state index is 4.77. The lowest BCUT2D eigenvalue weighted by Gasteiger charge is -2.29. The molecule has 0 radical (unpaired) electrons. The fourth-order valence-corrected chi connectivity index (χ4v) is 3.77. The molecule has 2 aliphatic rings. The number of likely N-dealkylation sites (tertiary alicyclic amines) is 1. The van der Waals surface area contributed by atoms with Gasteiger partial charge in [-0.1, -0.05) is 6.92 Å². The van der Waals surface area contributed by atoms with Crippen molar-refractivity contribution in [3.63, 3.8) is 0 Å². The Morgan fingerprint density at radius 3 is 2.44 bits per heavy atom. The first-order valence-electron chi connectivity index (χ1n) is 10.8. The minimum Gasteiger partial charge on any atom is -0.357 e. The molecule has 0 aliphatic carbocycles. The molecule has 2 fully saturated rings. The van der Waals surface area contributed by atoms with Crippen LogP contribution in [0, 0.1) is 5.92 Å². The summed E-state index contributed by atoms with van der Waals surface area (Å²) in [5, 5.41) is 6.90. The van der Waals surface area contributed by atoms with Crippen LogP contribution in [0.3, 0.4) is 0 Å². The molecule has 0 atom stereocenters. The normalized spacial score (nSPS) is 21.5. The lowest BCUT2D eigenvalue weighted by Crippen LogP contribution is -2.42. The van der Waals surface area contributed by atoms with Crippen LogP contribution in [0.1, 0.15) is 39.5 Å². The molecular formula is C20H43IN6. The second-order valence-corrected chi connectivity index (χ2v) is 8.06. The standard InChI is InChI=1S/C20H42N6.HI/c1-4-21-20(22-9-5-12-25-14-7-19(2)8-15-25)23-10-16-26-13-6-11-24(3)17-18-26;/h19H,4-18H2,1-3H3,(H2,21,22,23);1H. The fraction of sp³-hybridized carbons (Fsp3) is 0.950. The average Bonchev–Trinajstić information content (AvgIpc) is 2.84. The van der Waals surface area contributed by atoms with Gasteiger partial charge in [-0.05, 0) is 78.3 Å². The van der Waals surface area contributed by atoms with Crippen molar-refractivity contribution in [1.82, 2.24) is 25.3 Å². The third-order valence-electron chi connectivity index (χ3n) is 5.66. The van der Waals surface area contributed by atoms with Gasteiger partial charge in [0.1, 0.15) is 0 Å². The second kappa shape index (κ2) is 14.8. The molecule has 2 aliphatic heterocycles. The van der Waals surface area contributed by atoms with Crippen LogP contribution in [-0.2, 0) is 0 Å². The average molecular weight is 495 g/mol. The first kappa shape index (κ1) is 24.9. The van der Waals surface area contributed by atoms with Gasteiger partial charge in [0, 0.05) is 39.3 Å². The van der Waals surface area contributed by atoms with E-state index in [9.17, 15) is 0 Å². The van der Waals surface area contributed by atoms with Gasteiger partial charge in [-0.2, -0.15) is 0 Å². The Bertz CT molecular complexity index is 398. The van der Waals surface area contributed by atoms with Crippen molar-refractivity contribution in [3.05, 3.63) is 0 Å². The van der Waals surface area contributed by atoms with Crippen LogP contribution in [0.5, 0.6) is 0 Å². The molecule has 27 heavy (non-hydrogen) atoms. The zero-order valence-electron chi connectivity index (χ0n) is 17.9. The molecule has 0 spiro atoms. The van der Waals surface area contributed by atoms with E-state index in [1.54, 1.807) is 0 Å². The summed E-state index contributed by atoms with van der Waals surface area (Å²) in [6.45, 7) is 17.0. The maximum absolute atomic E-state index is 4.77. The van der Waals surface area contributed by atoms with E-state index in [0.717, 1.165) is 44.5 Å². The lowest BCUT2D eigenvalue weighted by molar-refractivity contribution is 0.192. The molecule has 0 aromatic carbocycles. The number of guanidine groups is 1. The Morgan fingerprint density at radius 2 is 1.70 bits per heavy atom. The molecule has 0 aromatic heterocycles. The number of halogens is 1. The van der Waals surface area contributed by atoms with Gasteiger partial charge in [-0.25, -0.2) is 0 Å². The molecule has 2 N–H and O–H groups in total. The van der Waals surface area contributed by atoms with Crippen LogP contribution in [0.25, 0.3) is 0 Å². The van der Waals surface area contributed by atoms with Crippen molar-refractivity contribution in [3.8, 4) is 0 Å². The maximum Gasteiger partial charge on any atom is 0.191 e. The van der Waals surface area contributed by atoms with E-state index in [4.69, 9.17) is 4.99 Å². The predicted octanol–water partition coefficient (Wildman–Crippen LogP) is 1.92. The Morgan fingerprint density at radius 1 is 0.963 bits per heavy atom. The van der Waals surface area contributed by atoms with E-state index in [0.29, 0.717) is 0 Å². The van der Waals surface area contributed by atoms with E-state index >= 15 is 0 Å². The van der Waals surface area contributed by atoms with Gasteiger partial charge in [0.15, 0.2) is 5.96 Å². The number of aliphatic imine (C=N–C) groups is 1. The molecule has 0 bridgehead atoms. The van der Waals surface area contributed by atoms with Crippen LogP contribution < -0.4 is 10.6 Å². The highest BCUT2D eigenvalue weighted by Crippen LogP contribution is 2.15. The van der Waals surface area contributed by atoms with E-state index in [1.165, 1.54) is 65.1 Å². The summed E-state index contributed by atoms with van der Waals surface area (Å²) in [6, 6.07) is 0. The number of likely N-dealkylation sites (N-methyl/N-ethyl adjacent to an activating group) is 1. The highest BCUT2D eigenvalue weighted by atomic mass is 127. The summed E-state index contributed by atoms with van der Waals surface area (Å²) < 4.78 is 0. The molecule has 6 nitrogen and oxygen atoms in total. The van der Waals surface area contributed by atoms with Crippen molar-refractivity contribution in [2.75, 3.05) is 79.0 Å². The summed E-state index contributed by atoms with van der Waals surface area (Å²) >= 11 is 0. The zero-order chi connectivity index (χ0) is 18.6. The van der Waals surface area contributed by atoms with Crippen LogP contribution in [0.2, 0.25) is 0 Å². The highest BCUT2D eigenvalue weighted by Gasteiger charge is 2.15. The molecule has 0 saturated carbocycles. The minimum atomic E-state index is 0. The third-order valence-corrected chi connectivity index (χ3v) is 5.66. The molecule has 7 heteroatoms. The molecule has 2 saturated heterocycles. The van der Waals surface area contributed by atoms with Crippen LogP contribution in [-0.4, -0.2) is 99.7 Å². The van der Waals surface area contributed by atoms with Gasteiger partial charge < -0.3 is 25.3 Å². The summed E-state index contributed by atoms with van der Waals surface area (Å²) in [5.41, 5.74) is 0. The molecule has 2 rings (SSSR count). The summed E-state index contributed by atoms with van der Waals surface area (Å²) in [4.78, 5) is 12.4. The Balaban J connectivity index is 0.00000364. The van der Waals surface area contributed by atoms with Crippen molar-refractivity contribution in [2.45, 2.75) is 39.5 Å². The quantitative estimate of drug-likeness (QED) is 0.234. The van der Waals surface area contributed by atoms with Gasteiger partial charge in [-0.15, -0.1) is 24.0 Å². The fourth-order valence-electron chi connectivity index (χ4n) is 3.77. The topological polar surface area (TPSA) is 46.1 Å². The summed E-state index contributed by atoms with van der Waals surface area (Å²) in [5.74, 6) is 1.89. The molecule has 0 aromatic rings. The van der Waals surface area contributed by atoms with Crippen LogP contribution in [0.15, 0.2) is 4.99 Å². The highest BCUT2D eigenvalue weighted by molar-refractivity contribution is 14.0. The molecule has 0 unspecified atom stereocenters. The lowest BCUT2D eigenvalue weighted by atomic mass is 9.99. The van der Waals surface area contributed by atoms with Crippen LogP contribution in [0.4, 0.5) is 0 Å². The molecule has 2 heterocycles. The number of rotatable bonds is 8. The van der Waals surface area contributed by atoms with Crippen molar-refractivity contribution in [2.24, 2.45) is 10.9 Å². The van der Waals surface area contributed by atoms with Crippen molar-refractivity contribution in [1.29, 1.82) is 0 Å². The van der Waals surface area contributed by atoms with Gasteiger partial charge in [0.05, 0.1) is 0 Å². The monoisotopic (exact) mass is 494 g/mol.